The van der Waals surface area contributed by atoms with Crippen LogP contribution in [-0.4, -0.2) is 23.5 Å². The second-order valence-electron chi connectivity index (χ2n) is 11.5. The number of carbonyl (C=O) groups excluding carboxylic acids is 1. The molecule has 0 spiro atoms. The molecule has 1 aromatic rings. The number of hydrogen-bond donors (Lipinski definition) is 1. The summed E-state index contributed by atoms with van der Waals surface area (Å²) in [5, 5.41) is 9.39. The molecule has 0 atom stereocenters. The van der Waals surface area contributed by atoms with E-state index in [1.165, 1.54) is 44.6 Å². The number of ether oxygens (including phenoxy) is 1. The molecule has 0 saturated heterocycles. The molecule has 4 nitrogen and oxygen atoms in total. The third-order valence-electron chi connectivity index (χ3n) is 8.92. The Morgan fingerprint density at radius 3 is 2.16 bits per heavy atom. The van der Waals surface area contributed by atoms with Gasteiger partial charge in [0.25, 0.3) is 0 Å². The molecule has 31 heavy (non-hydrogen) atoms. The van der Waals surface area contributed by atoms with E-state index in [2.05, 4.69) is 0 Å². The molecule has 6 aliphatic carbocycles. The normalized spacial score (nSPS) is 34.5. The Labute approximate surface area is 182 Å². The van der Waals surface area contributed by atoms with Crippen molar-refractivity contribution in [3.63, 3.8) is 0 Å². The van der Waals surface area contributed by atoms with E-state index in [-0.39, 0.29) is 17.4 Å². The van der Waals surface area contributed by atoms with Crippen molar-refractivity contribution in [3.8, 4) is 5.75 Å². The van der Waals surface area contributed by atoms with Crippen LogP contribution in [0.15, 0.2) is 12.1 Å². The highest BCUT2D eigenvalue weighted by molar-refractivity contribution is 6.00. The number of aliphatic carboxylic acids is 1. The molecule has 6 fully saturated rings. The van der Waals surface area contributed by atoms with Gasteiger partial charge >= 0.3 is 5.97 Å². The van der Waals surface area contributed by atoms with Crippen molar-refractivity contribution in [3.05, 3.63) is 29.1 Å². The van der Waals surface area contributed by atoms with Gasteiger partial charge in [-0.3, -0.25) is 9.59 Å². The van der Waals surface area contributed by atoms with E-state index in [1.807, 2.05) is 0 Å². The predicted molar refractivity (Wildman–Crippen MR) is 113 cm³/mol. The van der Waals surface area contributed by atoms with Crippen LogP contribution in [0, 0.1) is 34.4 Å². The summed E-state index contributed by atoms with van der Waals surface area (Å²) >= 11 is 0. The Bertz CT molecular complexity index is 908. The van der Waals surface area contributed by atoms with Crippen LogP contribution >= 0.6 is 0 Å². The molecule has 0 aromatic heterocycles. The molecule has 6 saturated carbocycles. The number of carboxylic acid groups (broad SMARTS) is 1. The fourth-order valence-corrected chi connectivity index (χ4v) is 7.34. The average molecular weight is 427 g/mol. The quantitative estimate of drug-likeness (QED) is 0.539. The molecular formula is C26H31FO4. The topological polar surface area (TPSA) is 63.6 Å². The van der Waals surface area contributed by atoms with E-state index in [4.69, 9.17) is 4.74 Å². The Kier molecular flexibility index (Phi) is 4.33. The summed E-state index contributed by atoms with van der Waals surface area (Å²) in [5.41, 5.74) is 0.253. The minimum Gasteiger partial charge on any atom is -0.493 e. The standard InChI is InChI=1S/C26H31FO4/c27-21-9-23(31-14-25-10-15-5-16(11-25)7-17(6-15)12-25)19(18-1-2-18)8-20(21)22(28)13-26(3-4-26)24(29)30/h8-9,15-18H,1-7,10-14H2,(H,29,30). The van der Waals surface area contributed by atoms with Crippen molar-refractivity contribution >= 4 is 11.8 Å². The molecule has 0 aliphatic heterocycles. The van der Waals surface area contributed by atoms with Crippen LogP contribution in [0.5, 0.6) is 5.75 Å². The average Bonchev–Trinajstić information content (AvgIpc) is 3.60. The van der Waals surface area contributed by atoms with Crippen LogP contribution in [0.4, 0.5) is 4.39 Å². The highest BCUT2D eigenvalue weighted by atomic mass is 19.1. The molecule has 1 aromatic carbocycles. The minimum atomic E-state index is -0.975. The molecule has 5 heteroatoms. The lowest BCUT2D eigenvalue weighted by Crippen LogP contribution is -2.48. The maximum Gasteiger partial charge on any atom is 0.310 e. The maximum atomic E-state index is 15.0. The smallest absolute Gasteiger partial charge is 0.310 e. The summed E-state index contributed by atoms with van der Waals surface area (Å²) in [6.07, 6.45) is 10.8. The Morgan fingerprint density at radius 2 is 1.65 bits per heavy atom. The van der Waals surface area contributed by atoms with Crippen molar-refractivity contribution in [1.82, 2.24) is 0 Å². The maximum absolute atomic E-state index is 15.0. The fraction of sp³-hybridized carbons (Fsp3) is 0.692. The molecule has 6 aliphatic rings. The Balaban J connectivity index is 1.22. The van der Waals surface area contributed by atoms with Gasteiger partial charge in [-0.25, -0.2) is 4.39 Å². The lowest BCUT2D eigenvalue weighted by Gasteiger charge is -2.56. The monoisotopic (exact) mass is 426 g/mol. The highest BCUT2D eigenvalue weighted by Crippen LogP contribution is 2.60. The van der Waals surface area contributed by atoms with Gasteiger partial charge in [0.05, 0.1) is 17.6 Å². The van der Waals surface area contributed by atoms with Crippen molar-refractivity contribution < 1.29 is 23.8 Å². The Morgan fingerprint density at radius 1 is 1.03 bits per heavy atom. The van der Waals surface area contributed by atoms with Gasteiger partial charge in [0.15, 0.2) is 5.78 Å². The van der Waals surface area contributed by atoms with E-state index in [0.717, 1.165) is 36.2 Å². The lowest BCUT2D eigenvalue weighted by atomic mass is 9.50. The van der Waals surface area contributed by atoms with E-state index in [0.29, 0.717) is 31.1 Å². The second kappa shape index (κ2) is 6.79. The van der Waals surface area contributed by atoms with Crippen molar-refractivity contribution in [2.75, 3.05) is 6.61 Å². The van der Waals surface area contributed by atoms with E-state index < -0.39 is 23.0 Å². The van der Waals surface area contributed by atoms with E-state index in [9.17, 15) is 19.1 Å². The molecular weight excluding hydrogens is 395 g/mol. The first-order chi connectivity index (χ1) is 14.8. The largest absolute Gasteiger partial charge is 0.493 e. The van der Waals surface area contributed by atoms with Crippen LogP contribution in [0.3, 0.4) is 0 Å². The highest BCUT2D eigenvalue weighted by Gasteiger charge is 2.52. The summed E-state index contributed by atoms with van der Waals surface area (Å²) in [5.74, 6) is 1.55. The molecule has 0 amide bonds. The first kappa shape index (κ1) is 19.8. The van der Waals surface area contributed by atoms with Crippen LogP contribution in [0.1, 0.15) is 92.5 Å². The SMILES string of the molecule is O=C(CC1(C(=O)O)CC1)c1cc(C2CC2)c(OCC23CC4CC(CC(C4)C2)C3)cc1F. The number of carbonyl (C=O) groups is 2. The molecule has 1 N–H and O–H groups in total. The molecule has 0 radical (unpaired) electrons. The van der Waals surface area contributed by atoms with Crippen molar-refractivity contribution in [1.29, 1.82) is 0 Å². The zero-order valence-corrected chi connectivity index (χ0v) is 18.0. The summed E-state index contributed by atoms with van der Waals surface area (Å²) in [4.78, 5) is 24.2. The third kappa shape index (κ3) is 3.48. The number of benzene rings is 1. The summed E-state index contributed by atoms with van der Waals surface area (Å²) in [7, 11) is 0. The predicted octanol–water partition coefficient (Wildman–Crippen LogP) is 5.74. The summed E-state index contributed by atoms with van der Waals surface area (Å²) in [6, 6.07) is 3.07. The molecule has 0 unspecified atom stereocenters. The van der Waals surface area contributed by atoms with Crippen LogP contribution in [-0.2, 0) is 4.79 Å². The number of carboxylic acids is 1. The summed E-state index contributed by atoms with van der Waals surface area (Å²) < 4.78 is 21.3. The van der Waals surface area contributed by atoms with Crippen molar-refractivity contribution in [2.24, 2.45) is 28.6 Å². The zero-order chi connectivity index (χ0) is 21.4. The number of Topliss-reactive ketones (excluding diaryl/α,β-unsaturated/α-hetero) is 1. The van der Waals surface area contributed by atoms with Gasteiger partial charge in [0.1, 0.15) is 11.6 Å². The van der Waals surface area contributed by atoms with Gasteiger partial charge in [-0.15, -0.1) is 0 Å². The molecule has 0 heterocycles. The number of ketones is 1. The molecule has 4 bridgehead atoms. The van der Waals surface area contributed by atoms with Gasteiger partial charge in [-0.2, -0.15) is 0 Å². The zero-order valence-electron chi connectivity index (χ0n) is 18.0. The van der Waals surface area contributed by atoms with E-state index in [1.54, 1.807) is 6.07 Å². The molecule has 166 valence electrons. The number of halogens is 1. The Hall–Kier alpha value is -1.91. The third-order valence-corrected chi connectivity index (χ3v) is 8.92. The lowest BCUT2D eigenvalue weighted by molar-refractivity contribution is -0.143. The van der Waals surface area contributed by atoms with Gasteiger partial charge in [0.2, 0.25) is 0 Å². The second-order valence-corrected chi connectivity index (χ2v) is 11.5. The van der Waals surface area contributed by atoms with Gasteiger partial charge in [-0.05, 0) is 99.5 Å². The number of hydrogen-bond acceptors (Lipinski definition) is 3. The van der Waals surface area contributed by atoms with Gasteiger partial charge in [0, 0.05) is 17.9 Å². The minimum absolute atomic E-state index is 0.0385. The fourth-order valence-electron chi connectivity index (χ4n) is 7.34. The first-order valence-electron chi connectivity index (χ1n) is 12.1. The van der Waals surface area contributed by atoms with Crippen LogP contribution < -0.4 is 4.74 Å². The van der Waals surface area contributed by atoms with E-state index >= 15 is 0 Å². The first-order valence-corrected chi connectivity index (χ1v) is 12.1. The van der Waals surface area contributed by atoms with Crippen LogP contribution in [0.2, 0.25) is 0 Å². The number of rotatable bonds is 8. The van der Waals surface area contributed by atoms with Crippen molar-refractivity contribution in [2.45, 2.75) is 76.5 Å². The van der Waals surface area contributed by atoms with Gasteiger partial charge in [-0.1, -0.05) is 0 Å². The molecule has 7 rings (SSSR count). The van der Waals surface area contributed by atoms with Gasteiger partial charge < -0.3 is 9.84 Å². The van der Waals surface area contributed by atoms with Crippen LogP contribution in [0.25, 0.3) is 0 Å². The summed E-state index contributed by atoms with van der Waals surface area (Å²) in [6.45, 7) is 0.658.